The number of nitrogens with zero attached hydrogens (tertiary/aromatic N) is 3. The molecule has 0 bridgehead atoms. The third kappa shape index (κ3) is 5.38. The number of nitrogens with one attached hydrogen (secondary N) is 1. The van der Waals surface area contributed by atoms with Crippen LogP contribution in [0.1, 0.15) is 20.8 Å². The van der Waals surface area contributed by atoms with Crippen molar-refractivity contribution in [1.29, 1.82) is 0 Å². The minimum Gasteiger partial charge on any atom is -0.495 e. The Bertz CT molecular complexity index is 1270. The van der Waals surface area contributed by atoms with Gasteiger partial charge < -0.3 is 30.2 Å². The van der Waals surface area contributed by atoms with Crippen LogP contribution in [0.15, 0.2) is 30.5 Å². The van der Waals surface area contributed by atoms with Gasteiger partial charge in [0.1, 0.15) is 17.1 Å². The maximum absolute atomic E-state index is 12.4. The first kappa shape index (κ1) is 26.1. The van der Waals surface area contributed by atoms with Crippen molar-refractivity contribution in [3.05, 3.63) is 40.5 Å². The lowest BCUT2D eigenvalue weighted by molar-refractivity contribution is 0.0291. The average molecular weight is 534 g/mol. The lowest BCUT2D eigenvalue weighted by atomic mass is 10.0. The molecule has 1 aliphatic rings. The molecule has 2 atom stereocenters. The van der Waals surface area contributed by atoms with E-state index in [-0.39, 0.29) is 18.2 Å². The van der Waals surface area contributed by atoms with E-state index in [1.807, 2.05) is 39.0 Å². The Morgan fingerprint density at radius 3 is 2.39 bits per heavy atom. The van der Waals surface area contributed by atoms with Gasteiger partial charge in [-0.2, -0.15) is 0 Å². The minimum absolute atomic E-state index is 0.212. The number of aromatic nitrogens is 2. The summed E-state index contributed by atoms with van der Waals surface area (Å²) in [4.78, 5) is 23.1. The SMILES string of the molecule is COc1cc(OC)c(Cl)c(-c2ccc3nc(NC4CN(C(=O)OC(C)(C)C)CC4N)ncc3c2)c1Cl. The number of rotatable bonds is 5. The van der Waals surface area contributed by atoms with Crippen LogP contribution < -0.4 is 20.5 Å². The molecule has 3 N–H and O–H groups in total. The van der Waals surface area contributed by atoms with E-state index >= 15 is 0 Å². The number of amides is 1. The maximum atomic E-state index is 12.4. The van der Waals surface area contributed by atoms with Gasteiger partial charge in [0, 0.05) is 42.3 Å². The number of nitrogens with two attached hydrogens (primary N) is 1. The Morgan fingerprint density at radius 1 is 1.11 bits per heavy atom. The molecule has 11 heteroatoms. The topological polar surface area (TPSA) is 112 Å². The number of likely N-dealkylation sites (tertiary alicyclic amines) is 1. The summed E-state index contributed by atoms with van der Waals surface area (Å²) < 4.78 is 16.2. The van der Waals surface area contributed by atoms with Gasteiger partial charge in [-0.25, -0.2) is 14.8 Å². The molecule has 192 valence electrons. The van der Waals surface area contributed by atoms with Crippen LogP contribution in [-0.4, -0.2) is 66.0 Å². The van der Waals surface area contributed by atoms with Crippen molar-refractivity contribution in [3.8, 4) is 22.6 Å². The van der Waals surface area contributed by atoms with Gasteiger partial charge in [0.2, 0.25) is 5.95 Å². The number of anilines is 1. The first-order chi connectivity index (χ1) is 17.0. The molecule has 1 saturated heterocycles. The maximum Gasteiger partial charge on any atom is 0.410 e. The summed E-state index contributed by atoms with van der Waals surface area (Å²) in [7, 11) is 3.06. The largest absolute Gasteiger partial charge is 0.495 e. The van der Waals surface area contributed by atoms with Crippen LogP contribution in [0.25, 0.3) is 22.0 Å². The number of hydrogen-bond donors (Lipinski definition) is 2. The van der Waals surface area contributed by atoms with Crippen molar-refractivity contribution in [2.45, 2.75) is 38.5 Å². The van der Waals surface area contributed by atoms with Crippen LogP contribution >= 0.6 is 23.2 Å². The van der Waals surface area contributed by atoms with E-state index in [4.69, 9.17) is 43.1 Å². The second-order valence-electron chi connectivity index (χ2n) is 9.55. The number of methoxy groups -OCH3 is 2. The summed E-state index contributed by atoms with van der Waals surface area (Å²) in [6.45, 7) is 6.27. The minimum atomic E-state index is -0.572. The third-order valence-corrected chi connectivity index (χ3v) is 6.52. The average Bonchev–Trinajstić information content (AvgIpc) is 3.18. The molecular weight excluding hydrogens is 505 g/mol. The van der Waals surface area contributed by atoms with Crippen molar-refractivity contribution in [3.63, 3.8) is 0 Å². The molecular formula is C25H29Cl2N5O4. The number of fused-ring (bicyclic) bond motifs is 1. The number of carbonyl (C=O) groups excluding carboxylic acids is 1. The number of hydrogen-bond acceptors (Lipinski definition) is 8. The predicted octanol–water partition coefficient (Wildman–Crippen LogP) is 4.98. The number of benzene rings is 2. The van der Waals surface area contributed by atoms with Gasteiger partial charge in [0.05, 0.1) is 35.8 Å². The second kappa shape index (κ2) is 10.2. The lowest BCUT2D eigenvalue weighted by Gasteiger charge is -2.24. The van der Waals surface area contributed by atoms with E-state index in [0.717, 1.165) is 10.9 Å². The van der Waals surface area contributed by atoms with Gasteiger partial charge in [-0.05, 0) is 38.5 Å². The second-order valence-corrected chi connectivity index (χ2v) is 10.3. The first-order valence-corrected chi connectivity index (χ1v) is 12.1. The van der Waals surface area contributed by atoms with E-state index in [1.54, 1.807) is 17.2 Å². The summed E-state index contributed by atoms with van der Waals surface area (Å²) in [5.74, 6) is 1.33. The van der Waals surface area contributed by atoms with E-state index in [9.17, 15) is 4.79 Å². The Hall–Kier alpha value is -3.01. The van der Waals surface area contributed by atoms with E-state index in [2.05, 4.69) is 15.3 Å². The van der Waals surface area contributed by atoms with Gasteiger partial charge in [-0.3, -0.25) is 0 Å². The van der Waals surface area contributed by atoms with Crippen LogP contribution in [0.5, 0.6) is 11.5 Å². The van der Waals surface area contributed by atoms with E-state index in [1.165, 1.54) is 14.2 Å². The van der Waals surface area contributed by atoms with Crippen LogP contribution in [0.3, 0.4) is 0 Å². The molecule has 3 aromatic rings. The Morgan fingerprint density at radius 2 is 1.78 bits per heavy atom. The number of carbonyl (C=O) groups is 1. The Labute approximate surface area is 219 Å². The molecule has 1 aromatic heterocycles. The molecule has 1 aliphatic heterocycles. The van der Waals surface area contributed by atoms with Gasteiger partial charge in [-0.15, -0.1) is 0 Å². The van der Waals surface area contributed by atoms with Crippen LogP contribution in [0, 0.1) is 0 Å². The smallest absolute Gasteiger partial charge is 0.410 e. The van der Waals surface area contributed by atoms with Crippen LogP contribution in [0.2, 0.25) is 10.0 Å². The molecule has 2 aromatic carbocycles. The zero-order valence-corrected chi connectivity index (χ0v) is 22.3. The van der Waals surface area contributed by atoms with Crippen LogP contribution in [0.4, 0.5) is 10.7 Å². The third-order valence-electron chi connectivity index (χ3n) is 5.77. The number of ether oxygens (including phenoxy) is 3. The monoisotopic (exact) mass is 533 g/mol. The summed E-state index contributed by atoms with van der Waals surface area (Å²) in [6, 6.07) is 6.78. The van der Waals surface area contributed by atoms with Gasteiger partial charge in [0.25, 0.3) is 0 Å². The summed E-state index contributed by atoms with van der Waals surface area (Å²) in [5, 5.41) is 4.81. The molecule has 1 fully saturated rings. The highest BCUT2D eigenvalue weighted by Gasteiger charge is 2.35. The molecule has 4 rings (SSSR count). The highest BCUT2D eigenvalue weighted by Crippen LogP contribution is 2.46. The fourth-order valence-electron chi connectivity index (χ4n) is 4.02. The predicted molar refractivity (Wildman–Crippen MR) is 141 cm³/mol. The molecule has 2 heterocycles. The quantitative estimate of drug-likeness (QED) is 0.472. The molecule has 0 aliphatic carbocycles. The Kier molecular flexibility index (Phi) is 7.36. The van der Waals surface area contributed by atoms with Crippen molar-refractivity contribution < 1.29 is 19.0 Å². The fraction of sp³-hybridized carbons (Fsp3) is 0.400. The van der Waals surface area contributed by atoms with Crippen molar-refractivity contribution >= 4 is 46.1 Å². The van der Waals surface area contributed by atoms with Crippen molar-refractivity contribution in [1.82, 2.24) is 14.9 Å². The lowest BCUT2D eigenvalue weighted by Crippen LogP contribution is -2.39. The molecule has 9 nitrogen and oxygen atoms in total. The molecule has 2 unspecified atom stereocenters. The molecule has 1 amide bonds. The summed E-state index contributed by atoms with van der Waals surface area (Å²) >= 11 is 13.2. The van der Waals surface area contributed by atoms with E-state index < -0.39 is 5.60 Å². The standard InChI is InChI=1S/C25H29Cl2N5O4/c1-25(2,3)36-24(33)32-11-15(28)17(12-32)31-23-29-10-14-8-13(6-7-16(14)30-23)20-21(26)18(34-4)9-19(35-5)22(20)27/h6-10,15,17H,11-12,28H2,1-5H3,(H,29,30,31). The highest BCUT2D eigenvalue weighted by molar-refractivity contribution is 6.41. The Balaban J connectivity index is 1.56. The van der Waals surface area contributed by atoms with Crippen molar-refractivity contribution in [2.75, 3.05) is 32.6 Å². The normalized spacial score (nSPS) is 17.8. The van der Waals surface area contributed by atoms with Gasteiger partial charge in [-0.1, -0.05) is 29.3 Å². The van der Waals surface area contributed by atoms with Crippen molar-refractivity contribution in [2.24, 2.45) is 5.73 Å². The fourth-order valence-corrected chi connectivity index (χ4v) is 4.74. The highest BCUT2D eigenvalue weighted by atomic mass is 35.5. The molecule has 0 radical (unpaired) electrons. The zero-order valence-electron chi connectivity index (χ0n) is 20.8. The molecule has 0 spiro atoms. The first-order valence-electron chi connectivity index (χ1n) is 11.4. The summed E-state index contributed by atoms with van der Waals surface area (Å²) in [6.07, 6.45) is 1.32. The van der Waals surface area contributed by atoms with Gasteiger partial charge in [0.15, 0.2) is 0 Å². The molecule has 0 saturated carbocycles. The molecule has 36 heavy (non-hydrogen) atoms. The number of halogens is 2. The van der Waals surface area contributed by atoms with Crippen LogP contribution in [-0.2, 0) is 4.74 Å². The van der Waals surface area contributed by atoms with Gasteiger partial charge >= 0.3 is 6.09 Å². The summed E-state index contributed by atoms with van der Waals surface area (Å²) in [5.41, 5.74) is 7.79. The zero-order chi connectivity index (χ0) is 26.2. The van der Waals surface area contributed by atoms with E-state index in [0.29, 0.717) is 51.7 Å².